The number of oxime groups is 1. The summed E-state index contributed by atoms with van der Waals surface area (Å²) in [7, 11) is 1.95. The van der Waals surface area contributed by atoms with Gasteiger partial charge in [0.15, 0.2) is 5.84 Å². The van der Waals surface area contributed by atoms with Gasteiger partial charge in [0.25, 0.3) is 0 Å². The maximum atomic E-state index is 13.3. The Hall–Kier alpha value is -3.19. The number of likely N-dealkylation sites (tertiary alicyclic amines) is 2. The molecule has 4 rings (SSSR count). The van der Waals surface area contributed by atoms with E-state index in [2.05, 4.69) is 10.1 Å². The zero-order valence-electron chi connectivity index (χ0n) is 16.4. The van der Waals surface area contributed by atoms with Gasteiger partial charge in [0.05, 0.1) is 18.4 Å². The smallest absolute Gasteiger partial charge is 0.235 e. The Morgan fingerprint density at radius 2 is 1.66 bits per heavy atom. The van der Waals surface area contributed by atoms with Crippen LogP contribution in [0.15, 0.2) is 59.8 Å². The Balaban J connectivity index is 1.65. The van der Waals surface area contributed by atoms with Crippen molar-refractivity contribution in [1.29, 1.82) is 0 Å². The predicted molar refractivity (Wildman–Crippen MR) is 108 cm³/mol. The predicted octanol–water partition coefficient (Wildman–Crippen LogP) is 1.96. The van der Waals surface area contributed by atoms with Crippen molar-refractivity contribution in [3.8, 4) is 0 Å². The van der Waals surface area contributed by atoms with E-state index in [4.69, 9.17) is 10.9 Å². The number of hydrogen-bond donors (Lipinski definition) is 2. The highest BCUT2D eigenvalue weighted by Crippen LogP contribution is 2.49. The maximum absolute atomic E-state index is 13.3. The summed E-state index contributed by atoms with van der Waals surface area (Å²) in [5.41, 5.74) is 8.12. The second kappa shape index (κ2) is 7.33. The molecule has 0 aromatic heterocycles. The summed E-state index contributed by atoms with van der Waals surface area (Å²) in [6, 6.07) is 16.6. The van der Waals surface area contributed by atoms with Crippen molar-refractivity contribution in [2.75, 3.05) is 7.05 Å². The SMILES string of the molecule is CC1C2C(=O)N(Cc3ccccc3)C(=O)C2C(c2ccc(C(N)=NO)cc2)N1C. The van der Waals surface area contributed by atoms with Crippen LogP contribution in [-0.2, 0) is 16.1 Å². The van der Waals surface area contributed by atoms with Crippen LogP contribution in [0.2, 0.25) is 0 Å². The van der Waals surface area contributed by atoms with Gasteiger partial charge in [-0.1, -0.05) is 59.8 Å². The van der Waals surface area contributed by atoms with E-state index in [1.54, 1.807) is 12.1 Å². The Labute approximate surface area is 169 Å². The van der Waals surface area contributed by atoms with Crippen LogP contribution >= 0.6 is 0 Å². The second-order valence-electron chi connectivity index (χ2n) is 7.76. The summed E-state index contributed by atoms with van der Waals surface area (Å²) >= 11 is 0. The highest BCUT2D eigenvalue weighted by Gasteiger charge is 2.59. The molecule has 0 bridgehead atoms. The van der Waals surface area contributed by atoms with E-state index < -0.39 is 5.92 Å². The number of hydrogen-bond acceptors (Lipinski definition) is 5. The molecule has 4 unspecified atom stereocenters. The fourth-order valence-electron chi connectivity index (χ4n) is 4.65. The fraction of sp³-hybridized carbons (Fsp3) is 0.318. The van der Waals surface area contributed by atoms with Gasteiger partial charge < -0.3 is 10.9 Å². The first-order valence-corrected chi connectivity index (χ1v) is 9.63. The zero-order chi connectivity index (χ0) is 20.7. The number of carbonyl (C=O) groups is 2. The number of imide groups is 1. The number of nitrogens with zero attached hydrogens (tertiary/aromatic N) is 3. The molecule has 3 N–H and O–H groups in total. The van der Waals surface area contributed by atoms with Crippen LogP contribution in [0.5, 0.6) is 0 Å². The summed E-state index contributed by atoms with van der Waals surface area (Å²) in [6.45, 7) is 2.30. The minimum Gasteiger partial charge on any atom is -0.409 e. The van der Waals surface area contributed by atoms with Crippen molar-refractivity contribution in [2.24, 2.45) is 22.7 Å². The van der Waals surface area contributed by atoms with Gasteiger partial charge >= 0.3 is 0 Å². The van der Waals surface area contributed by atoms with E-state index in [1.807, 2.05) is 56.4 Å². The summed E-state index contributed by atoms with van der Waals surface area (Å²) in [4.78, 5) is 29.9. The van der Waals surface area contributed by atoms with Crippen molar-refractivity contribution in [3.05, 3.63) is 71.3 Å². The van der Waals surface area contributed by atoms with Crippen molar-refractivity contribution in [3.63, 3.8) is 0 Å². The molecule has 2 heterocycles. The van der Waals surface area contributed by atoms with Crippen LogP contribution in [0.25, 0.3) is 0 Å². The molecule has 4 atom stereocenters. The quantitative estimate of drug-likeness (QED) is 0.272. The molecule has 150 valence electrons. The number of amidine groups is 1. The van der Waals surface area contributed by atoms with Crippen molar-refractivity contribution >= 4 is 17.6 Å². The first-order valence-electron chi connectivity index (χ1n) is 9.63. The summed E-state index contributed by atoms with van der Waals surface area (Å²) in [5, 5.41) is 11.9. The number of nitrogens with two attached hydrogens (primary N) is 1. The number of rotatable bonds is 4. The van der Waals surface area contributed by atoms with Crippen LogP contribution in [0.1, 0.15) is 29.7 Å². The van der Waals surface area contributed by atoms with Gasteiger partial charge in [0.2, 0.25) is 11.8 Å². The fourth-order valence-corrected chi connectivity index (χ4v) is 4.65. The lowest BCUT2D eigenvalue weighted by Crippen LogP contribution is -2.38. The van der Waals surface area contributed by atoms with E-state index >= 15 is 0 Å². The maximum Gasteiger partial charge on any atom is 0.235 e. The zero-order valence-corrected chi connectivity index (χ0v) is 16.4. The summed E-state index contributed by atoms with van der Waals surface area (Å²) in [5.74, 6) is -0.959. The van der Waals surface area contributed by atoms with Gasteiger partial charge in [-0.15, -0.1) is 0 Å². The van der Waals surface area contributed by atoms with Gasteiger partial charge in [-0.2, -0.15) is 0 Å². The molecule has 0 radical (unpaired) electrons. The molecule has 0 spiro atoms. The lowest BCUT2D eigenvalue weighted by atomic mass is 9.86. The van der Waals surface area contributed by atoms with Crippen molar-refractivity contribution in [1.82, 2.24) is 9.80 Å². The molecule has 2 saturated heterocycles. The molecule has 2 amide bonds. The molecule has 0 saturated carbocycles. The molecule has 7 heteroatoms. The first-order chi connectivity index (χ1) is 13.9. The van der Waals surface area contributed by atoms with Crippen LogP contribution in [0.3, 0.4) is 0 Å². The second-order valence-corrected chi connectivity index (χ2v) is 7.76. The molecule has 2 fully saturated rings. The third kappa shape index (κ3) is 3.07. The average molecular weight is 392 g/mol. The van der Waals surface area contributed by atoms with Gasteiger partial charge in [0.1, 0.15) is 0 Å². The van der Waals surface area contributed by atoms with Crippen LogP contribution in [-0.4, -0.2) is 45.7 Å². The molecule has 2 aliphatic rings. The molecular weight excluding hydrogens is 368 g/mol. The molecule has 7 nitrogen and oxygen atoms in total. The molecule has 2 aliphatic heterocycles. The Morgan fingerprint density at radius 1 is 1.03 bits per heavy atom. The van der Waals surface area contributed by atoms with Crippen LogP contribution in [0.4, 0.5) is 0 Å². The molecular formula is C22H24N4O3. The van der Waals surface area contributed by atoms with Crippen LogP contribution in [0, 0.1) is 11.8 Å². The monoisotopic (exact) mass is 392 g/mol. The van der Waals surface area contributed by atoms with Gasteiger partial charge in [0, 0.05) is 17.6 Å². The van der Waals surface area contributed by atoms with E-state index in [-0.39, 0.29) is 35.7 Å². The molecule has 0 aliphatic carbocycles. The third-order valence-electron chi connectivity index (χ3n) is 6.27. The van der Waals surface area contributed by atoms with Crippen LogP contribution < -0.4 is 5.73 Å². The number of amides is 2. The van der Waals surface area contributed by atoms with Gasteiger partial charge in [-0.05, 0) is 25.1 Å². The Morgan fingerprint density at radius 3 is 2.28 bits per heavy atom. The first kappa shape index (κ1) is 19.1. The lowest BCUT2D eigenvalue weighted by molar-refractivity contribution is -0.142. The highest BCUT2D eigenvalue weighted by molar-refractivity contribution is 6.06. The van der Waals surface area contributed by atoms with Crippen molar-refractivity contribution < 1.29 is 14.8 Å². The number of fused-ring (bicyclic) bond motifs is 1. The van der Waals surface area contributed by atoms with E-state index in [9.17, 15) is 9.59 Å². The Kier molecular flexibility index (Phi) is 4.84. The minimum absolute atomic E-state index is 0.0312. The van der Waals surface area contributed by atoms with E-state index in [1.165, 1.54) is 4.90 Å². The standard InChI is InChI=1S/C22H24N4O3/c1-13-17-18(22(28)26(21(17)27)12-14-6-4-3-5-7-14)19(25(13)2)15-8-10-16(11-9-15)20(23)24-29/h3-11,13,17-19,29H,12H2,1-2H3,(H2,23,24). The van der Waals surface area contributed by atoms with Crippen molar-refractivity contribution in [2.45, 2.75) is 25.6 Å². The number of carbonyl (C=O) groups excluding carboxylic acids is 2. The topological polar surface area (TPSA) is 99.2 Å². The lowest BCUT2D eigenvalue weighted by Gasteiger charge is -2.28. The summed E-state index contributed by atoms with van der Waals surface area (Å²) < 4.78 is 0. The molecule has 2 aromatic carbocycles. The minimum atomic E-state index is -0.416. The van der Waals surface area contributed by atoms with E-state index in [0.717, 1.165) is 11.1 Å². The van der Waals surface area contributed by atoms with Gasteiger partial charge in [-0.3, -0.25) is 19.4 Å². The van der Waals surface area contributed by atoms with Gasteiger partial charge in [-0.25, -0.2) is 0 Å². The molecule has 29 heavy (non-hydrogen) atoms. The summed E-state index contributed by atoms with van der Waals surface area (Å²) in [6.07, 6.45) is 0. The van der Waals surface area contributed by atoms with E-state index in [0.29, 0.717) is 12.1 Å². The average Bonchev–Trinajstić information content (AvgIpc) is 3.15. The Bertz CT molecular complexity index is 958. The third-order valence-corrected chi connectivity index (χ3v) is 6.27. The number of benzene rings is 2. The molecule has 2 aromatic rings. The normalized spacial score (nSPS) is 27.5. The highest BCUT2D eigenvalue weighted by atomic mass is 16.4. The largest absolute Gasteiger partial charge is 0.409 e.